The number of benzene rings is 1. The predicted molar refractivity (Wildman–Crippen MR) is 130 cm³/mol. The van der Waals surface area contributed by atoms with Crippen molar-refractivity contribution in [1.29, 1.82) is 0 Å². The molecule has 1 atom stereocenters. The van der Waals surface area contributed by atoms with E-state index >= 15 is 0 Å². The summed E-state index contributed by atoms with van der Waals surface area (Å²) in [6.45, 7) is 14.7. The van der Waals surface area contributed by atoms with Crippen molar-refractivity contribution >= 4 is 0 Å². The van der Waals surface area contributed by atoms with Crippen molar-refractivity contribution in [2.45, 2.75) is 104 Å². The predicted octanol–water partition coefficient (Wildman–Crippen LogP) is 7.35. The molecule has 0 fully saturated rings. The fourth-order valence-electron chi connectivity index (χ4n) is 4.13. The van der Waals surface area contributed by atoms with Crippen LogP contribution in [0.15, 0.2) is 42.6 Å². The lowest BCUT2D eigenvalue weighted by atomic mass is 10.0. The van der Waals surface area contributed by atoms with Crippen LogP contribution in [0.25, 0.3) is 0 Å². The molecule has 29 heavy (non-hydrogen) atoms. The van der Waals surface area contributed by atoms with Gasteiger partial charge in [-0.15, -0.1) is 0 Å². The fraction of sp³-hybridized carbons (Fsp3) is 0.704. The van der Waals surface area contributed by atoms with E-state index in [1.807, 2.05) is 0 Å². The molecule has 0 aliphatic rings. The molecule has 0 radical (unpaired) electrons. The van der Waals surface area contributed by atoms with Gasteiger partial charge in [0.25, 0.3) is 0 Å². The summed E-state index contributed by atoms with van der Waals surface area (Å²) in [6, 6.07) is 11.3. The molecule has 166 valence electrons. The maximum Gasteiger partial charge on any atom is 0.0425 e. The normalized spacial score (nSPS) is 12.3. The molecular formula is C27H48N2. The first kappa shape index (κ1) is 25.8. The fourth-order valence-corrected chi connectivity index (χ4v) is 4.13. The molecule has 0 spiro atoms. The average Bonchev–Trinajstić information content (AvgIpc) is 2.71. The Hall–Kier alpha value is -1.28. The molecule has 0 bridgehead atoms. The summed E-state index contributed by atoms with van der Waals surface area (Å²) in [5, 5.41) is 3.80. The van der Waals surface area contributed by atoms with Gasteiger partial charge in [0.1, 0.15) is 0 Å². The SMILES string of the molecule is C=C(CCCCCCCCCC)NC(Cc1ccccc1)CN(CCC)CCC. The van der Waals surface area contributed by atoms with Gasteiger partial charge in [-0.1, -0.05) is 103 Å². The molecular weight excluding hydrogens is 352 g/mol. The van der Waals surface area contributed by atoms with Gasteiger partial charge in [-0.3, -0.25) is 0 Å². The Morgan fingerprint density at radius 2 is 1.41 bits per heavy atom. The number of nitrogens with zero attached hydrogens (tertiary/aromatic N) is 1. The van der Waals surface area contributed by atoms with Crippen LogP contribution < -0.4 is 5.32 Å². The number of hydrogen-bond donors (Lipinski definition) is 1. The van der Waals surface area contributed by atoms with E-state index in [1.54, 1.807) is 0 Å². The van der Waals surface area contributed by atoms with E-state index < -0.39 is 0 Å². The Morgan fingerprint density at radius 3 is 2.00 bits per heavy atom. The molecule has 0 saturated carbocycles. The van der Waals surface area contributed by atoms with Crippen molar-refractivity contribution in [2.24, 2.45) is 0 Å². The maximum absolute atomic E-state index is 4.36. The number of hydrogen-bond acceptors (Lipinski definition) is 2. The first-order chi connectivity index (χ1) is 14.2. The Labute approximate surface area is 182 Å². The van der Waals surface area contributed by atoms with E-state index in [0.717, 1.165) is 19.4 Å². The zero-order chi connectivity index (χ0) is 21.2. The molecule has 1 N–H and O–H groups in total. The van der Waals surface area contributed by atoms with Crippen LogP contribution in [0.5, 0.6) is 0 Å². The van der Waals surface area contributed by atoms with Crippen LogP contribution in [0.2, 0.25) is 0 Å². The van der Waals surface area contributed by atoms with Gasteiger partial charge in [-0.2, -0.15) is 0 Å². The highest BCUT2D eigenvalue weighted by Gasteiger charge is 2.14. The molecule has 0 saturated heterocycles. The van der Waals surface area contributed by atoms with Gasteiger partial charge in [0, 0.05) is 18.3 Å². The van der Waals surface area contributed by atoms with Gasteiger partial charge in [0.15, 0.2) is 0 Å². The largest absolute Gasteiger partial charge is 0.384 e. The summed E-state index contributed by atoms with van der Waals surface area (Å²) < 4.78 is 0. The third kappa shape index (κ3) is 13.5. The Kier molecular flexibility index (Phi) is 15.6. The van der Waals surface area contributed by atoms with E-state index in [9.17, 15) is 0 Å². The molecule has 1 unspecified atom stereocenters. The summed E-state index contributed by atoms with van der Waals surface area (Å²) in [7, 11) is 0. The summed E-state index contributed by atoms with van der Waals surface area (Å²) in [4.78, 5) is 2.62. The van der Waals surface area contributed by atoms with Crippen LogP contribution >= 0.6 is 0 Å². The second-order valence-electron chi connectivity index (χ2n) is 8.66. The first-order valence-corrected chi connectivity index (χ1v) is 12.4. The summed E-state index contributed by atoms with van der Waals surface area (Å²) >= 11 is 0. The molecule has 2 heteroatoms. The van der Waals surface area contributed by atoms with E-state index in [4.69, 9.17) is 0 Å². The van der Waals surface area contributed by atoms with Gasteiger partial charge in [0.2, 0.25) is 0 Å². The van der Waals surface area contributed by atoms with Gasteiger partial charge in [-0.25, -0.2) is 0 Å². The van der Waals surface area contributed by atoms with E-state index in [0.29, 0.717) is 6.04 Å². The van der Waals surface area contributed by atoms with Crippen molar-refractivity contribution in [3.8, 4) is 0 Å². The van der Waals surface area contributed by atoms with Crippen molar-refractivity contribution in [1.82, 2.24) is 10.2 Å². The van der Waals surface area contributed by atoms with Crippen LogP contribution in [-0.4, -0.2) is 30.6 Å². The zero-order valence-electron chi connectivity index (χ0n) is 19.7. The van der Waals surface area contributed by atoms with Crippen LogP contribution in [0.1, 0.15) is 97.0 Å². The van der Waals surface area contributed by atoms with Crippen molar-refractivity contribution in [2.75, 3.05) is 19.6 Å². The van der Waals surface area contributed by atoms with Crippen molar-refractivity contribution in [3.05, 3.63) is 48.2 Å². The van der Waals surface area contributed by atoms with Gasteiger partial charge >= 0.3 is 0 Å². The van der Waals surface area contributed by atoms with Crippen LogP contribution in [0, 0.1) is 0 Å². The molecule has 2 nitrogen and oxygen atoms in total. The topological polar surface area (TPSA) is 15.3 Å². The van der Waals surface area contributed by atoms with Crippen molar-refractivity contribution in [3.63, 3.8) is 0 Å². The van der Waals surface area contributed by atoms with Gasteiger partial charge in [-0.05, 0) is 50.8 Å². The molecule has 1 aromatic carbocycles. The number of nitrogens with one attached hydrogen (secondary N) is 1. The summed E-state index contributed by atoms with van der Waals surface area (Å²) in [5.41, 5.74) is 2.64. The second-order valence-corrected chi connectivity index (χ2v) is 8.66. The van der Waals surface area contributed by atoms with Crippen LogP contribution in [0.3, 0.4) is 0 Å². The lowest BCUT2D eigenvalue weighted by Gasteiger charge is -2.29. The molecule has 0 amide bonds. The lowest BCUT2D eigenvalue weighted by Crippen LogP contribution is -2.42. The standard InChI is InChI=1S/C27H48N2/c1-5-8-9-10-11-12-13-15-18-25(4)28-27(23-26-19-16-14-17-20-26)24-29(21-6-2)22-7-3/h14,16-17,19-20,27-28H,4-13,15,18,21-24H2,1-3H3. The Morgan fingerprint density at radius 1 is 0.828 bits per heavy atom. The third-order valence-electron chi connectivity index (χ3n) is 5.62. The molecule has 0 aromatic heterocycles. The quantitative estimate of drug-likeness (QED) is 0.244. The molecule has 1 rings (SSSR count). The number of rotatable bonds is 19. The minimum atomic E-state index is 0.442. The molecule has 0 aliphatic heterocycles. The smallest absolute Gasteiger partial charge is 0.0425 e. The minimum Gasteiger partial charge on any atom is -0.384 e. The number of unbranched alkanes of at least 4 members (excludes halogenated alkanes) is 7. The van der Waals surface area contributed by atoms with Crippen LogP contribution in [0.4, 0.5) is 0 Å². The Bertz CT molecular complexity index is 491. The third-order valence-corrected chi connectivity index (χ3v) is 5.62. The summed E-state index contributed by atoms with van der Waals surface area (Å²) in [5.74, 6) is 0. The second kappa shape index (κ2) is 17.6. The zero-order valence-corrected chi connectivity index (χ0v) is 19.7. The average molecular weight is 401 g/mol. The van der Waals surface area contributed by atoms with Crippen LogP contribution in [-0.2, 0) is 6.42 Å². The monoisotopic (exact) mass is 400 g/mol. The van der Waals surface area contributed by atoms with Gasteiger partial charge < -0.3 is 10.2 Å². The highest BCUT2D eigenvalue weighted by molar-refractivity contribution is 5.16. The molecule has 0 aliphatic carbocycles. The lowest BCUT2D eigenvalue weighted by molar-refractivity contribution is 0.245. The minimum absolute atomic E-state index is 0.442. The molecule has 1 aromatic rings. The molecule has 0 heterocycles. The van der Waals surface area contributed by atoms with Gasteiger partial charge in [0.05, 0.1) is 0 Å². The highest BCUT2D eigenvalue weighted by Crippen LogP contribution is 2.13. The van der Waals surface area contributed by atoms with E-state index in [-0.39, 0.29) is 0 Å². The Balaban J connectivity index is 2.43. The number of allylic oxidation sites excluding steroid dienone is 1. The summed E-state index contributed by atoms with van der Waals surface area (Å²) in [6.07, 6.45) is 15.6. The first-order valence-electron chi connectivity index (χ1n) is 12.4. The van der Waals surface area contributed by atoms with Crippen molar-refractivity contribution < 1.29 is 0 Å². The maximum atomic E-state index is 4.36. The van der Waals surface area contributed by atoms with E-state index in [1.165, 1.54) is 88.6 Å². The van der Waals surface area contributed by atoms with E-state index in [2.05, 4.69) is 67.9 Å². The highest BCUT2D eigenvalue weighted by atomic mass is 15.1.